The fourth-order valence-electron chi connectivity index (χ4n) is 1.73. The Hall–Kier alpha value is -1.71. The maximum atomic E-state index is 5.79. The van der Waals surface area contributed by atoms with Crippen LogP contribution in [0.5, 0.6) is 11.5 Å². The molecule has 4 heteroatoms. The van der Waals surface area contributed by atoms with Crippen LogP contribution in [0, 0.1) is 0 Å². The molecule has 0 aliphatic heterocycles. The lowest BCUT2D eigenvalue weighted by Gasteiger charge is -2.12. The molecule has 0 aliphatic rings. The highest BCUT2D eigenvalue weighted by Crippen LogP contribution is 2.30. The zero-order chi connectivity index (χ0) is 13.2. The van der Waals surface area contributed by atoms with Gasteiger partial charge in [-0.2, -0.15) is 5.10 Å². The number of unbranched alkanes of at least 4 members (excludes halogenated alkanes) is 3. The van der Waals surface area contributed by atoms with E-state index >= 15 is 0 Å². The molecule has 0 atom stereocenters. The van der Waals surface area contributed by atoms with Crippen LogP contribution in [0.15, 0.2) is 23.3 Å². The molecule has 0 spiro atoms. The van der Waals surface area contributed by atoms with E-state index in [9.17, 15) is 0 Å². The highest BCUT2D eigenvalue weighted by atomic mass is 16.5. The normalized spacial score (nSPS) is 10.8. The van der Waals surface area contributed by atoms with E-state index < -0.39 is 0 Å². The van der Waals surface area contributed by atoms with E-state index in [0.29, 0.717) is 18.1 Å². The van der Waals surface area contributed by atoms with Gasteiger partial charge in [0.05, 0.1) is 19.9 Å². The highest BCUT2D eigenvalue weighted by Gasteiger charge is 2.08. The molecule has 0 aromatic heterocycles. The lowest BCUT2D eigenvalue weighted by Crippen LogP contribution is -2.02. The molecular weight excluding hydrogens is 228 g/mol. The van der Waals surface area contributed by atoms with Crippen molar-refractivity contribution in [1.82, 2.24) is 0 Å². The predicted molar refractivity (Wildman–Crippen MR) is 74.4 cm³/mol. The highest BCUT2D eigenvalue weighted by molar-refractivity contribution is 5.84. The van der Waals surface area contributed by atoms with E-state index in [0.717, 1.165) is 12.0 Å². The number of hydrogen-bond donors (Lipinski definition) is 1. The topological polar surface area (TPSA) is 56.8 Å². The molecule has 0 radical (unpaired) electrons. The molecule has 0 unspecified atom stereocenters. The summed E-state index contributed by atoms with van der Waals surface area (Å²) in [4.78, 5) is 0. The molecule has 0 heterocycles. The van der Waals surface area contributed by atoms with Gasteiger partial charge in [-0.25, -0.2) is 0 Å². The van der Waals surface area contributed by atoms with Crippen molar-refractivity contribution in [2.45, 2.75) is 32.6 Å². The molecule has 2 N–H and O–H groups in total. The first-order valence-electron chi connectivity index (χ1n) is 6.36. The van der Waals surface area contributed by atoms with Gasteiger partial charge in [-0.1, -0.05) is 32.3 Å². The first-order chi connectivity index (χ1) is 8.83. The predicted octanol–water partition coefficient (Wildman–Crippen LogP) is 2.95. The Kier molecular flexibility index (Phi) is 6.69. The minimum Gasteiger partial charge on any atom is -0.493 e. The summed E-state index contributed by atoms with van der Waals surface area (Å²) in [7, 11) is 1.63. The Bertz CT molecular complexity index is 378. The van der Waals surface area contributed by atoms with Crippen LogP contribution in [0.25, 0.3) is 0 Å². The molecule has 1 rings (SSSR count). The van der Waals surface area contributed by atoms with Crippen LogP contribution in [0.1, 0.15) is 38.2 Å². The molecule has 0 fully saturated rings. The summed E-state index contributed by atoms with van der Waals surface area (Å²) in [5.41, 5.74) is 0.840. The van der Waals surface area contributed by atoms with Crippen LogP contribution in [-0.4, -0.2) is 19.9 Å². The van der Waals surface area contributed by atoms with Crippen molar-refractivity contribution in [3.8, 4) is 11.5 Å². The fraction of sp³-hybridized carbons (Fsp3) is 0.500. The molecule has 0 saturated heterocycles. The number of nitrogens with zero attached hydrogens (tertiary/aromatic N) is 1. The molecular formula is C14H22N2O2. The van der Waals surface area contributed by atoms with Crippen LogP contribution in [0.3, 0.4) is 0 Å². The minimum atomic E-state index is 0.686. The van der Waals surface area contributed by atoms with Crippen LogP contribution in [0.4, 0.5) is 0 Å². The Morgan fingerprint density at radius 2 is 2.11 bits per heavy atom. The van der Waals surface area contributed by atoms with Gasteiger partial charge in [0, 0.05) is 5.56 Å². The Balaban J connectivity index is 2.66. The largest absolute Gasteiger partial charge is 0.493 e. The Morgan fingerprint density at radius 3 is 2.78 bits per heavy atom. The van der Waals surface area contributed by atoms with Gasteiger partial charge in [0.2, 0.25) is 0 Å². The van der Waals surface area contributed by atoms with Crippen molar-refractivity contribution < 1.29 is 9.47 Å². The van der Waals surface area contributed by atoms with Gasteiger partial charge in [0.15, 0.2) is 11.5 Å². The average molecular weight is 250 g/mol. The number of para-hydroxylation sites is 1. The first kappa shape index (κ1) is 14.4. The maximum absolute atomic E-state index is 5.79. The van der Waals surface area contributed by atoms with Crippen molar-refractivity contribution in [2.24, 2.45) is 10.9 Å². The zero-order valence-electron chi connectivity index (χ0n) is 11.2. The van der Waals surface area contributed by atoms with Crippen molar-refractivity contribution in [1.29, 1.82) is 0 Å². The van der Waals surface area contributed by atoms with Gasteiger partial charge in [0.1, 0.15) is 0 Å². The van der Waals surface area contributed by atoms with Crippen molar-refractivity contribution >= 4 is 6.21 Å². The lowest BCUT2D eigenvalue weighted by atomic mass is 10.2. The summed E-state index contributed by atoms with van der Waals surface area (Å²) in [6.45, 7) is 2.88. The number of benzene rings is 1. The van der Waals surface area contributed by atoms with Crippen molar-refractivity contribution in [3.05, 3.63) is 23.8 Å². The number of methoxy groups -OCH3 is 1. The minimum absolute atomic E-state index is 0.686. The third kappa shape index (κ3) is 4.28. The maximum Gasteiger partial charge on any atom is 0.169 e. The van der Waals surface area contributed by atoms with Gasteiger partial charge < -0.3 is 15.3 Å². The van der Waals surface area contributed by atoms with Crippen LogP contribution >= 0.6 is 0 Å². The Labute approximate surface area is 109 Å². The first-order valence-corrected chi connectivity index (χ1v) is 6.36. The quantitative estimate of drug-likeness (QED) is 0.334. The van der Waals surface area contributed by atoms with Gasteiger partial charge in [-0.05, 0) is 18.6 Å². The molecule has 4 nitrogen and oxygen atoms in total. The molecule has 1 aromatic carbocycles. The zero-order valence-corrected chi connectivity index (χ0v) is 11.2. The van der Waals surface area contributed by atoms with Gasteiger partial charge in [-0.15, -0.1) is 0 Å². The number of rotatable bonds is 8. The summed E-state index contributed by atoms with van der Waals surface area (Å²) in [5.74, 6) is 6.61. The number of hydrazone groups is 1. The number of nitrogens with two attached hydrogens (primary N) is 1. The average Bonchev–Trinajstić information content (AvgIpc) is 2.40. The summed E-state index contributed by atoms with van der Waals surface area (Å²) >= 11 is 0. The second-order valence-electron chi connectivity index (χ2n) is 4.07. The van der Waals surface area contributed by atoms with Crippen LogP contribution in [-0.2, 0) is 0 Å². The van der Waals surface area contributed by atoms with E-state index in [1.807, 2.05) is 18.2 Å². The second-order valence-corrected chi connectivity index (χ2v) is 4.07. The Morgan fingerprint density at radius 1 is 1.28 bits per heavy atom. The summed E-state index contributed by atoms with van der Waals surface area (Å²) in [6, 6.07) is 5.66. The van der Waals surface area contributed by atoms with Gasteiger partial charge in [0.25, 0.3) is 0 Å². The molecule has 0 bridgehead atoms. The number of hydrogen-bond acceptors (Lipinski definition) is 4. The van der Waals surface area contributed by atoms with E-state index in [2.05, 4.69) is 12.0 Å². The monoisotopic (exact) mass is 250 g/mol. The molecule has 0 saturated carbocycles. The third-order valence-corrected chi connectivity index (χ3v) is 2.69. The van der Waals surface area contributed by atoms with Crippen LogP contribution in [0.2, 0.25) is 0 Å². The van der Waals surface area contributed by atoms with Gasteiger partial charge >= 0.3 is 0 Å². The summed E-state index contributed by atoms with van der Waals surface area (Å²) in [5, 5.41) is 3.54. The molecule has 18 heavy (non-hydrogen) atoms. The van der Waals surface area contributed by atoms with Crippen LogP contribution < -0.4 is 15.3 Å². The number of ether oxygens (including phenoxy) is 2. The molecule has 0 amide bonds. The standard InChI is InChI=1S/C14H22N2O2/c1-3-4-5-6-10-18-14-12(11-16-15)8-7-9-13(14)17-2/h7-9,11H,3-6,10,15H2,1-2H3. The molecule has 0 aliphatic carbocycles. The van der Waals surface area contributed by atoms with Gasteiger partial charge in [-0.3, -0.25) is 0 Å². The summed E-state index contributed by atoms with van der Waals surface area (Å²) in [6.07, 6.45) is 6.27. The second kappa shape index (κ2) is 8.39. The molecule has 1 aromatic rings. The molecule has 100 valence electrons. The van der Waals surface area contributed by atoms with E-state index in [-0.39, 0.29) is 0 Å². The lowest BCUT2D eigenvalue weighted by molar-refractivity contribution is 0.285. The summed E-state index contributed by atoms with van der Waals surface area (Å²) < 4.78 is 11.1. The van der Waals surface area contributed by atoms with Crippen molar-refractivity contribution in [3.63, 3.8) is 0 Å². The van der Waals surface area contributed by atoms with E-state index in [1.165, 1.54) is 19.3 Å². The van der Waals surface area contributed by atoms with E-state index in [4.69, 9.17) is 15.3 Å². The third-order valence-electron chi connectivity index (χ3n) is 2.69. The fourth-order valence-corrected chi connectivity index (χ4v) is 1.73. The van der Waals surface area contributed by atoms with Crippen molar-refractivity contribution in [2.75, 3.05) is 13.7 Å². The SMILES string of the molecule is CCCCCCOc1c(C=NN)cccc1OC. The van der Waals surface area contributed by atoms with E-state index in [1.54, 1.807) is 13.3 Å². The smallest absolute Gasteiger partial charge is 0.169 e.